The maximum Gasteiger partial charge on any atom is 0.135 e. The van der Waals surface area contributed by atoms with Gasteiger partial charge >= 0.3 is 0 Å². The number of hydrogen-bond acceptors (Lipinski definition) is 1. The second-order valence-corrected chi connectivity index (χ2v) is 4.55. The molecule has 2 aliphatic rings. The molecule has 1 aromatic carbocycles. The second kappa shape index (κ2) is 2.75. The van der Waals surface area contributed by atoms with E-state index in [9.17, 15) is 0 Å². The molecule has 0 radical (unpaired) electrons. The molecular formula is C14H14O. The predicted octanol–water partition coefficient (Wildman–Crippen LogP) is 3.36. The molecule has 76 valence electrons. The molecule has 0 aromatic heterocycles. The van der Waals surface area contributed by atoms with Crippen LogP contribution in [-0.4, -0.2) is 5.60 Å². The van der Waals surface area contributed by atoms with Crippen LogP contribution < -0.4 is 4.74 Å². The quantitative estimate of drug-likeness (QED) is 0.621. The average Bonchev–Trinajstić information content (AvgIpc) is 2.50. The van der Waals surface area contributed by atoms with Crippen LogP contribution in [0.4, 0.5) is 0 Å². The zero-order valence-corrected chi connectivity index (χ0v) is 9.03. The van der Waals surface area contributed by atoms with Crippen molar-refractivity contribution in [2.45, 2.75) is 25.4 Å². The Morgan fingerprint density at radius 2 is 2.13 bits per heavy atom. The molecule has 1 aliphatic carbocycles. The summed E-state index contributed by atoms with van der Waals surface area (Å²) in [4.78, 5) is 0. The fraction of sp³-hybridized carbons (Fsp3) is 0.286. The van der Waals surface area contributed by atoms with E-state index in [2.05, 4.69) is 56.4 Å². The summed E-state index contributed by atoms with van der Waals surface area (Å²) in [7, 11) is 0. The first-order valence-electron chi connectivity index (χ1n) is 5.35. The lowest BCUT2D eigenvalue weighted by Crippen LogP contribution is -2.32. The maximum atomic E-state index is 6.02. The Bertz CT molecular complexity index is 470. The molecule has 1 aromatic rings. The van der Waals surface area contributed by atoms with Gasteiger partial charge in [-0.15, -0.1) is 0 Å². The van der Waals surface area contributed by atoms with Crippen LogP contribution >= 0.6 is 0 Å². The van der Waals surface area contributed by atoms with Gasteiger partial charge in [0.1, 0.15) is 11.4 Å². The van der Waals surface area contributed by atoms with E-state index < -0.39 is 0 Å². The molecule has 0 amide bonds. The van der Waals surface area contributed by atoms with E-state index in [-0.39, 0.29) is 5.60 Å². The standard InChI is InChI=1S/C14H14O/c1-10-6-7-13-11(9-10)12-5-3-4-8-14(12,2)15-13/h3-9,12H,1-2H3. The Morgan fingerprint density at radius 3 is 3.00 bits per heavy atom. The second-order valence-electron chi connectivity index (χ2n) is 4.55. The summed E-state index contributed by atoms with van der Waals surface area (Å²) < 4.78 is 6.02. The molecule has 0 spiro atoms. The van der Waals surface area contributed by atoms with Gasteiger partial charge < -0.3 is 4.74 Å². The summed E-state index contributed by atoms with van der Waals surface area (Å²) in [5.74, 6) is 1.40. The van der Waals surface area contributed by atoms with Gasteiger partial charge in [-0.1, -0.05) is 35.9 Å². The third-order valence-corrected chi connectivity index (χ3v) is 3.29. The van der Waals surface area contributed by atoms with Crippen molar-refractivity contribution < 1.29 is 4.74 Å². The van der Waals surface area contributed by atoms with E-state index in [0.29, 0.717) is 5.92 Å². The van der Waals surface area contributed by atoms with Gasteiger partial charge in [0.05, 0.1) is 0 Å². The van der Waals surface area contributed by atoms with E-state index in [1.165, 1.54) is 11.1 Å². The van der Waals surface area contributed by atoms with E-state index in [1.807, 2.05) is 0 Å². The number of rotatable bonds is 0. The molecule has 1 aliphatic heterocycles. The SMILES string of the molecule is Cc1ccc2c(c1)C1C=CC=CC1(C)O2. The maximum absolute atomic E-state index is 6.02. The molecule has 0 bridgehead atoms. The van der Waals surface area contributed by atoms with E-state index >= 15 is 0 Å². The number of hydrogen-bond donors (Lipinski definition) is 0. The number of fused-ring (bicyclic) bond motifs is 3. The van der Waals surface area contributed by atoms with Crippen LogP contribution in [0.1, 0.15) is 24.0 Å². The third kappa shape index (κ3) is 1.16. The fourth-order valence-electron chi connectivity index (χ4n) is 2.47. The van der Waals surface area contributed by atoms with Gasteiger partial charge in [-0.2, -0.15) is 0 Å². The normalized spacial score (nSPS) is 30.9. The summed E-state index contributed by atoms with van der Waals surface area (Å²) >= 11 is 0. The Morgan fingerprint density at radius 1 is 1.27 bits per heavy atom. The van der Waals surface area contributed by atoms with E-state index in [4.69, 9.17) is 4.74 Å². The van der Waals surface area contributed by atoms with Gasteiger partial charge in [0.2, 0.25) is 0 Å². The number of ether oxygens (including phenoxy) is 1. The zero-order valence-electron chi connectivity index (χ0n) is 9.03. The summed E-state index contributed by atoms with van der Waals surface area (Å²) in [5, 5.41) is 0. The number of aryl methyl sites for hydroxylation is 1. The third-order valence-electron chi connectivity index (χ3n) is 3.29. The molecule has 0 N–H and O–H groups in total. The minimum Gasteiger partial charge on any atom is -0.482 e. The highest BCUT2D eigenvalue weighted by molar-refractivity contribution is 5.50. The van der Waals surface area contributed by atoms with Gasteiger partial charge in [0.15, 0.2) is 0 Å². The monoisotopic (exact) mass is 198 g/mol. The fourth-order valence-corrected chi connectivity index (χ4v) is 2.47. The lowest BCUT2D eigenvalue weighted by molar-refractivity contribution is 0.155. The lowest BCUT2D eigenvalue weighted by atomic mass is 9.82. The highest BCUT2D eigenvalue weighted by Crippen LogP contribution is 2.47. The van der Waals surface area contributed by atoms with Gasteiger partial charge in [0, 0.05) is 11.5 Å². The van der Waals surface area contributed by atoms with E-state index in [1.54, 1.807) is 0 Å². The van der Waals surface area contributed by atoms with Crippen LogP contribution in [0, 0.1) is 6.92 Å². The molecule has 0 saturated carbocycles. The molecule has 1 nitrogen and oxygen atoms in total. The average molecular weight is 198 g/mol. The van der Waals surface area contributed by atoms with Crippen LogP contribution in [0.15, 0.2) is 42.5 Å². The Labute approximate surface area is 90.1 Å². The van der Waals surface area contributed by atoms with Crippen molar-refractivity contribution in [2.75, 3.05) is 0 Å². The van der Waals surface area contributed by atoms with Crippen molar-refractivity contribution in [2.24, 2.45) is 0 Å². The van der Waals surface area contributed by atoms with Crippen molar-refractivity contribution in [3.05, 3.63) is 53.6 Å². The first kappa shape index (κ1) is 8.78. The van der Waals surface area contributed by atoms with Crippen molar-refractivity contribution in [1.82, 2.24) is 0 Å². The predicted molar refractivity (Wildman–Crippen MR) is 61.2 cm³/mol. The number of allylic oxidation sites excluding steroid dienone is 2. The molecule has 1 heterocycles. The molecule has 2 unspecified atom stereocenters. The molecular weight excluding hydrogens is 184 g/mol. The molecule has 15 heavy (non-hydrogen) atoms. The molecule has 3 rings (SSSR count). The van der Waals surface area contributed by atoms with Gasteiger partial charge in [-0.3, -0.25) is 0 Å². The Balaban J connectivity index is 2.17. The molecule has 1 heteroatoms. The first-order valence-corrected chi connectivity index (χ1v) is 5.35. The van der Waals surface area contributed by atoms with Crippen molar-refractivity contribution in [1.29, 1.82) is 0 Å². The number of benzene rings is 1. The summed E-state index contributed by atoms with van der Waals surface area (Å²) in [6.45, 7) is 4.27. The molecule has 0 saturated heterocycles. The van der Waals surface area contributed by atoms with Gasteiger partial charge in [-0.25, -0.2) is 0 Å². The van der Waals surface area contributed by atoms with Gasteiger partial charge in [0.25, 0.3) is 0 Å². The highest BCUT2D eigenvalue weighted by atomic mass is 16.5. The summed E-state index contributed by atoms with van der Waals surface area (Å²) in [6.07, 6.45) is 8.54. The zero-order chi connectivity index (χ0) is 10.5. The van der Waals surface area contributed by atoms with Crippen LogP contribution in [0.2, 0.25) is 0 Å². The lowest BCUT2D eigenvalue weighted by Gasteiger charge is -2.27. The van der Waals surface area contributed by atoms with Crippen molar-refractivity contribution in [3.8, 4) is 5.75 Å². The van der Waals surface area contributed by atoms with Crippen LogP contribution in [0.25, 0.3) is 0 Å². The van der Waals surface area contributed by atoms with Crippen LogP contribution in [-0.2, 0) is 0 Å². The Kier molecular flexibility index (Phi) is 1.61. The Hall–Kier alpha value is -1.50. The molecule has 0 fully saturated rings. The molecule has 2 atom stereocenters. The van der Waals surface area contributed by atoms with Crippen LogP contribution in [0.5, 0.6) is 5.75 Å². The largest absolute Gasteiger partial charge is 0.482 e. The van der Waals surface area contributed by atoms with E-state index in [0.717, 1.165) is 5.75 Å². The summed E-state index contributed by atoms with van der Waals surface area (Å²) in [6, 6.07) is 6.41. The van der Waals surface area contributed by atoms with Crippen molar-refractivity contribution in [3.63, 3.8) is 0 Å². The summed E-state index contributed by atoms with van der Waals surface area (Å²) in [5.41, 5.74) is 2.44. The first-order chi connectivity index (χ1) is 7.19. The minimum absolute atomic E-state index is 0.176. The highest BCUT2D eigenvalue weighted by Gasteiger charge is 2.42. The van der Waals surface area contributed by atoms with Gasteiger partial charge in [-0.05, 0) is 26.0 Å². The topological polar surface area (TPSA) is 9.23 Å². The smallest absolute Gasteiger partial charge is 0.135 e. The van der Waals surface area contributed by atoms with Crippen molar-refractivity contribution >= 4 is 0 Å². The minimum atomic E-state index is -0.176. The van der Waals surface area contributed by atoms with Crippen LogP contribution in [0.3, 0.4) is 0 Å².